The molecule has 11 heteroatoms. The Kier molecular flexibility index (Phi) is 6.78. The van der Waals surface area contributed by atoms with Crippen molar-refractivity contribution in [3.8, 4) is 6.07 Å². The first kappa shape index (κ1) is 25.0. The van der Waals surface area contributed by atoms with E-state index in [-0.39, 0.29) is 46.5 Å². The maximum atomic E-state index is 14.6. The zero-order chi connectivity index (χ0) is 24.5. The minimum absolute atomic E-state index is 0.0134. The van der Waals surface area contributed by atoms with Gasteiger partial charge < -0.3 is 11.1 Å². The Balaban J connectivity index is 2.61. The van der Waals surface area contributed by atoms with Gasteiger partial charge in [-0.25, -0.2) is 4.39 Å². The number of amides is 1. The molecule has 0 unspecified atom stereocenters. The van der Waals surface area contributed by atoms with Crippen LogP contribution < -0.4 is 11.1 Å². The van der Waals surface area contributed by atoms with Crippen LogP contribution in [0, 0.1) is 11.3 Å². The van der Waals surface area contributed by atoms with Gasteiger partial charge in [-0.3, -0.25) is 4.79 Å². The Bertz CT molecular complexity index is 1030. The summed E-state index contributed by atoms with van der Waals surface area (Å²) in [6.45, 7) is 2.88. The van der Waals surface area contributed by atoms with E-state index >= 15 is 0 Å². The van der Waals surface area contributed by atoms with Gasteiger partial charge in [0.1, 0.15) is 6.07 Å². The average molecular weight is 461 g/mol. The van der Waals surface area contributed by atoms with Gasteiger partial charge in [-0.1, -0.05) is 13.8 Å². The highest BCUT2D eigenvalue weighted by Crippen LogP contribution is 2.54. The van der Waals surface area contributed by atoms with Gasteiger partial charge in [-0.05, 0) is 54.3 Å². The monoisotopic (exact) mass is 461 g/mol. The zero-order valence-electron chi connectivity index (χ0n) is 16.9. The van der Waals surface area contributed by atoms with Crippen molar-refractivity contribution in [3.63, 3.8) is 0 Å². The Labute approximate surface area is 178 Å². The number of benzene rings is 2. The number of hydrogen-bond donors (Lipinski definition) is 2. The van der Waals surface area contributed by atoms with Gasteiger partial charge in [0.05, 0.1) is 11.3 Å². The highest BCUT2D eigenvalue weighted by molar-refractivity contribution is 6.05. The highest BCUT2D eigenvalue weighted by Gasteiger charge is 2.73. The third-order valence-electron chi connectivity index (χ3n) is 4.92. The topological polar surface area (TPSA) is 78.9 Å². The summed E-state index contributed by atoms with van der Waals surface area (Å²) in [6.07, 6.45) is -12.7. The molecule has 0 aliphatic rings. The molecule has 2 aromatic rings. The number of carbonyl (C=O) groups is 1. The standard InChI is InChI=1S/C21H18F7N3O/c1-3-11-7-15(19(22,20(23,24)25)21(26,27)28)8-12(4-2)17(11)31-18(32)13-5-6-14(10-29)16(30)9-13/h5-9H,3-4,30H2,1-2H3,(H,31,32). The van der Waals surface area contributed by atoms with Crippen LogP contribution in [0.15, 0.2) is 30.3 Å². The molecule has 0 saturated carbocycles. The predicted octanol–water partition coefficient (Wildman–Crippen LogP) is 5.81. The quantitative estimate of drug-likeness (QED) is 0.436. The Hall–Kier alpha value is -3.29. The molecular formula is C21H18F7N3O. The van der Waals surface area contributed by atoms with Crippen molar-refractivity contribution in [3.05, 3.63) is 58.1 Å². The van der Waals surface area contributed by atoms with Crippen LogP contribution in [-0.4, -0.2) is 18.3 Å². The second kappa shape index (κ2) is 8.68. The molecule has 2 rings (SSSR count). The minimum atomic E-state index is -6.24. The molecule has 0 bridgehead atoms. The lowest BCUT2D eigenvalue weighted by molar-refractivity contribution is -0.348. The SMILES string of the molecule is CCc1cc(C(F)(C(F)(F)F)C(F)(F)F)cc(CC)c1NC(=O)c1ccc(C#N)c(N)c1. The zero-order valence-corrected chi connectivity index (χ0v) is 16.9. The molecule has 0 fully saturated rings. The number of hydrogen-bond acceptors (Lipinski definition) is 3. The van der Waals surface area contributed by atoms with E-state index in [1.54, 1.807) is 0 Å². The van der Waals surface area contributed by atoms with Crippen LogP contribution in [0.2, 0.25) is 0 Å². The van der Waals surface area contributed by atoms with Gasteiger partial charge in [0.15, 0.2) is 0 Å². The first-order valence-corrected chi connectivity index (χ1v) is 9.30. The van der Waals surface area contributed by atoms with Crippen molar-refractivity contribution in [1.29, 1.82) is 5.26 Å². The largest absolute Gasteiger partial charge is 0.435 e. The molecule has 3 N–H and O–H groups in total. The molecule has 0 aliphatic heterocycles. The summed E-state index contributed by atoms with van der Waals surface area (Å²) >= 11 is 0. The van der Waals surface area contributed by atoms with E-state index in [2.05, 4.69) is 5.32 Å². The number of halogens is 7. The number of anilines is 2. The van der Waals surface area contributed by atoms with E-state index in [9.17, 15) is 35.5 Å². The fourth-order valence-corrected chi connectivity index (χ4v) is 3.16. The Morgan fingerprint density at radius 1 is 0.969 bits per heavy atom. The third kappa shape index (κ3) is 4.35. The van der Waals surface area contributed by atoms with Gasteiger partial charge in [-0.15, -0.1) is 0 Å². The van der Waals surface area contributed by atoms with E-state index in [0.29, 0.717) is 12.1 Å². The first-order chi connectivity index (χ1) is 14.7. The molecule has 1 amide bonds. The van der Waals surface area contributed by atoms with E-state index < -0.39 is 29.5 Å². The number of nitrogens with one attached hydrogen (secondary N) is 1. The maximum absolute atomic E-state index is 14.6. The normalized spacial score (nSPS) is 12.4. The van der Waals surface area contributed by atoms with Crippen molar-refractivity contribution in [2.45, 2.75) is 44.7 Å². The highest BCUT2D eigenvalue weighted by atomic mass is 19.4. The number of alkyl halides is 7. The number of nitrogens with two attached hydrogens (primary N) is 1. The van der Waals surface area contributed by atoms with Crippen LogP contribution >= 0.6 is 0 Å². The van der Waals surface area contributed by atoms with Gasteiger partial charge in [0, 0.05) is 16.8 Å². The molecular weight excluding hydrogens is 443 g/mol. The van der Waals surface area contributed by atoms with Crippen LogP contribution in [0.3, 0.4) is 0 Å². The van der Waals surface area contributed by atoms with Crippen molar-refractivity contribution in [2.75, 3.05) is 11.1 Å². The number of carbonyl (C=O) groups excluding carboxylic acids is 1. The molecule has 0 radical (unpaired) electrons. The van der Waals surface area contributed by atoms with E-state index in [1.807, 2.05) is 6.07 Å². The molecule has 0 atom stereocenters. The lowest BCUT2D eigenvalue weighted by Crippen LogP contribution is -2.50. The van der Waals surface area contributed by atoms with Crippen molar-refractivity contribution >= 4 is 17.3 Å². The van der Waals surface area contributed by atoms with E-state index in [0.717, 1.165) is 0 Å². The lowest BCUT2D eigenvalue weighted by atomic mass is 9.88. The van der Waals surface area contributed by atoms with Gasteiger partial charge >= 0.3 is 18.0 Å². The molecule has 32 heavy (non-hydrogen) atoms. The van der Waals surface area contributed by atoms with Crippen LogP contribution in [0.25, 0.3) is 0 Å². The molecule has 2 aromatic carbocycles. The van der Waals surface area contributed by atoms with Crippen molar-refractivity contribution in [1.82, 2.24) is 0 Å². The maximum Gasteiger partial charge on any atom is 0.435 e. The fraction of sp³-hybridized carbons (Fsp3) is 0.333. The fourth-order valence-electron chi connectivity index (χ4n) is 3.16. The predicted molar refractivity (Wildman–Crippen MR) is 104 cm³/mol. The smallest absolute Gasteiger partial charge is 0.398 e. The Morgan fingerprint density at radius 2 is 1.47 bits per heavy atom. The van der Waals surface area contributed by atoms with Gasteiger partial charge in [0.25, 0.3) is 5.91 Å². The third-order valence-corrected chi connectivity index (χ3v) is 4.92. The van der Waals surface area contributed by atoms with Gasteiger partial charge in [-0.2, -0.15) is 31.6 Å². The minimum Gasteiger partial charge on any atom is -0.398 e. The van der Waals surface area contributed by atoms with Crippen molar-refractivity contribution in [2.24, 2.45) is 0 Å². The number of nitriles is 1. The number of nitrogen functional groups attached to an aromatic ring is 1. The first-order valence-electron chi connectivity index (χ1n) is 9.30. The summed E-state index contributed by atoms with van der Waals surface area (Å²) in [7, 11) is 0. The average Bonchev–Trinajstić information content (AvgIpc) is 2.71. The second-order valence-electron chi connectivity index (χ2n) is 6.90. The summed E-state index contributed by atoms with van der Waals surface area (Å²) in [4.78, 5) is 12.6. The molecule has 0 spiro atoms. The van der Waals surface area contributed by atoms with Crippen LogP contribution in [0.4, 0.5) is 42.1 Å². The van der Waals surface area contributed by atoms with Gasteiger partial charge in [0.2, 0.25) is 0 Å². The molecule has 0 saturated heterocycles. The van der Waals surface area contributed by atoms with E-state index in [1.165, 1.54) is 32.0 Å². The van der Waals surface area contributed by atoms with Crippen LogP contribution in [0.1, 0.15) is 46.5 Å². The van der Waals surface area contributed by atoms with Crippen molar-refractivity contribution < 1.29 is 35.5 Å². The summed E-state index contributed by atoms with van der Waals surface area (Å²) in [5.74, 6) is -0.753. The second-order valence-corrected chi connectivity index (χ2v) is 6.90. The van der Waals surface area contributed by atoms with E-state index in [4.69, 9.17) is 11.0 Å². The summed E-state index contributed by atoms with van der Waals surface area (Å²) < 4.78 is 93.7. The number of rotatable bonds is 5. The molecule has 0 aromatic heterocycles. The lowest BCUT2D eigenvalue weighted by Gasteiger charge is -2.31. The molecule has 0 aliphatic carbocycles. The Morgan fingerprint density at radius 3 is 1.84 bits per heavy atom. The summed E-state index contributed by atoms with van der Waals surface area (Å²) in [5, 5.41) is 11.4. The molecule has 0 heterocycles. The summed E-state index contributed by atoms with van der Waals surface area (Å²) in [5.41, 5.74) is -1.59. The molecule has 172 valence electrons. The summed E-state index contributed by atoms with van der Waals surface area (Å²) in [6, 6.07) is 6.52. The van der Waals surface area contributed by atoms with Crippen LogP contribution in [-0.2, 0) is 18.5 Å². The number of aryl methyl sites for hydroxylation is 2. The van der Waals surface area contributed by atoms with Crippen LogP contribution in [0.5, 0.6) is 0 Å². The molecule has 4 nitrogen and oxygen atoms in total. The number of nitrogens with zero attached hydrogens (tertiary/aromatic N) is 1.